The normalized spacial score (nSPS) is 10.2. The topological polar surface area (TPSA) is 58.6 Å². The Balaban J connectivity index is 1.92. The van der Waals surface area contributed by atoms with Gasteiger partial charge in [-0.3, -0.25) is 0 Å². The predicted octanol–water partition coefficient (Wildman–Crippen LogP) is 3.46. The van der Waals surface area contributed by atoms with Crippen molar-refractivity contribution in [1.29, 1.82) is 0 Å². The fraction of sp³-hybridized carbons (Fsp3) is 0.214. The first kappa shape index (κ1) is 13.4. The van der Waals surface area contributed by atoms with Gasteiger partial charge in [0.25, 0.3) is 0 Å². The van der Waals surface area contributed by atoms with Gasteiger partial charge in [-0.25, -0.2) is 4.79 Å². The van der Waals surface area contributed by atoms with Crippen molar-refractivity contribution >= 4 is 23.0 Å². The van der Waals surface area contributed by atoms with Crippen molar-refractivity contribution in [2.75, 3.05) is 11.9 Å². The first-order chi connectivity index (χ1) is 9.19. The van der Waals surface area contributed by atoms with Gasteiger partial charge in [-0.2, -0.15) is 0 Å². The van der Waals surface area contributed by atoms with Gasteiger partial charge in [0.1, 0.15) is 5.75 Å². The number of nitrogens with one attached hydrogen (secondary N) is 1. The van der Waals surface area contributed by atoms with E-state index in [4.69, 9.17) is 9.84 Å². The van der Waals surface area contributed by atoms with Gasteiger partial charge in [0.05, 0.1) is 12.2 Å². The lowest BCUT2D eigenvalue weighted by molar-refractivity contribution is 0.0697. The van der Waals surface area contributed by atoms with E-state index in [0.29, 0.717) is 18.7 Å². The number of carboxylic acid groups (broad SMARTS) is 1. The van der Waals surface area contributed by atoms with E-state index in [9.17, 15) is 4.79 Å². The van der Waals surface area contributed by atoms with Crippen LogP contribution in [-0.2, 0) is 6.54 Å². The van der Waals surface area contributed by atoms with E-state index in [1.807, 2.05) is 31.2 Å². The molecule has 100 valence electrons. The average molecular weight is 277 g/mol. The fourth-order valence-electron chi connectivity index (χ4n) is 1.61. The van der Waals surface area contributed by atoms with Crippen LogP contribution in [0, 0.1) is 0 Å². The van der Waals surface area contributed by atoms with E-state index >= 15 is 0 Å². The summed E-state index contributed by atoms with van der Waals surface area (Å²) in [7, 11) is 0. The van der Waals surface area contributed by atoms with Gasteiger partial charge >= 0.3 is 5.97 Å². The predicted molar refractivity (Wildman–Crippen MR) is 76.2 cm³/mol. The molecule has 0 atom stereocenters. The van der Waals surface area contributed by atoms with E-state index in [-0.39, 0.29) is 0 Å². The summed E-state index contributed by atoms with van der Waals surface area (Å²) < 4.78 is 5.36. The molecule has 0 radical (unpaired) electrons. The molecule has 1 heterocycles. The molecule has 0 aliphatic heterocycles. The van der Waals surface area contributed by atoms with Crippen LogP contribution < -0.4 is 10.1 Å². The minimum absolute atomic E-state index is 0.341. The number of anilines is 1. The van der Waals surface area contributed by atoms with Gasteiger partial charge in [0.15, 0.2) is 0 Å². The van der Waals surface area contributed by atoms with Crippen LogP contribution in [0.4, 0.5) is 5.69 Å². The highest BCUT2D eigenvalue weighted by Gasteiger charge is 2.06. The summed E-state index contributed by atoms with van der Waals surface area (Å²) in [5.41, 5.74) is 1.32. The van der Waals surface area contributed by atoms with Gasteiger partial charge in [-0.1, -0.05) is 0 Å². The molecule has 0 fully saturated rings. The smallest absolute Gasteiger partial charge is 0.336 e. The Morgan fingerprint density at radius 1 is 1.37 bits per heavy atom. The van der Waals surface area contributed by atoms with Gasteiger partial charge in [0.2, 0.25) is 0 Å². The van der Waals surface area contributed by atoms with Crippen LogP contribution in [0.2, 0.25) is 0 Å². The summed E-state index contributed by atoms with van der Waals surface area (Å²) in [5, 5.41) is 13.7. The maximum absolute atomic E-state index is 10.8. The monoisotopic (exact) mass is 277 g/mol. The molecule has 1 aromatic carbocycles. The molecule has 5 heteroatoms. The molecule has 0 aliphatic carbocycles. The molecule has 0 aliphatic rings. The van der Waals surface area contributed by atoms with E-state index in [0.717, 1.165) is 16.3 Å². The molecule has 0 bridgehead atoms. The maximum Gasteiger partial charge on any atom is 0.336 e. The third-order valence-corrected chi connectivity index (χ3v) is 3.47. The van der Waals surface area contributed by atoms with Crippen molar-refractivity contribution < 1.29 is 14.6 Å². The maximum atomic E-state index is 10.8. The quantitative estimate of drug-likeness (QED) is 0.849. The zero-order valence-corrected chi connectivity index (χ0v) is 11.4. The third kappa shape index (κ3) is 3.72. The molecule has 0 unspecified atom stereocenters. The zero-order valence-electron chi connectivity index (χ0n) is 10.6. The number of aromatic carboxylic acids is 1. The molecule has 0 spiro atoms. The molecular formula is C14H15NO3S. The van der Waals surface area contributed by atoms with Gasteiger partial charge in [-0.15, -0.1) is 11.3 Å². The Bertz CT molecular complexity index is 548. The van der Waals surface area contributed by atoms with E-state index in [1.165, 1.54) is 11.3 Å². The molecule has 19 heavy (non-hydrogen) atoms. The van der Waals surface area contributed by atoms with Crippen molar-refractivity contribution in [3.05, 3.63) is 46.2 Å². The SMILES string of the molecule is CCOc1ccc(NCc2cc(C(=O)O)cs2)cc1. The highest BCUT2D eigenvalue weighted by atomic mass is 32.1. The minimum Gasteiger partial charge on any atom is -0.494 e. The molecule has 0 saturated carbocycles. The molecule has 1 aromatic heterocycles. The van der Waals surface area contributed by atoms with E-state index in [1.54, 1.807) is 11.4 Å². The molecule has 4 nitrogen and oxygen atoms in total. The number of ether oxygens (including phenoxy) is 1. The number of rotatable bonds is 6. The first-order valence-corrected chi connectivity index (χ1v) is 6.84. The number of hydrogen-bond acceptors (Lipinski definition) is 4. The molecule has 0 saturated heterocycles. The van der Waals surface area contributed by atoms with Crippen LogP contribution in [-0.4, -0.2) is 17.7 Å². The Morgan fingerprint density at radius 2 is 2.11 bits per heavy atom. The largest absolute Gasteiger partial charge is 0.494 e. The highest BCUT2D eigenvalue weighted by molar-refractivity contribution is 7.10. The van der Waals surface area contributed by atoms with Crippen LogP contribution >= 0.6 is 11.3 Å². The van der Waals surface area contributed by atoms with E-state index in [2.05, 4.69) is 5.32 Å². The van der Waals surface area contributed by atoms with Crippen LogP contribution in [0.25, 0.3) is 0 Å². The average Bonchev–Trinajstić information content (AvgIpc) is 2.87. The number of hydrogen-bond donors (Lipinski definition) is 2. The molecule has 2 aromatic rings. The third-order valence-electron chi connectivity index (χ3n) is 2.53. The van der Waals surface area contributed by atoms with Crippen molar-refractivity contribution in [3.8, 4) is 5.75 Å². The lowest BCUT2D eigenvalue weighted by Gasteiger charge is -2.06. The molecule has 2 N–H and O–H groups in total. The van der Waals surface area contributed by atoms with Gasteiger partial charge < -0.3 is 15.2 Å². The van der Waals surface area contributed by atoms with Gasteiger partial charge in [0, 0.05) is 22.5 Å². The lowest BCUT2D eigenvalue weighted by Crippen LogP contribution is -1.98. The lowest BCUT2D eigenvalue weighted by atomic mass is 10.3. The Hall–Kier alpha value is -2.01. The summed E-state index contributed by atoms with van der Waals surface area (Å²) in [4.78, 5) is 11.8. The van der Waals surface area contributed by atoms with Crippen LogP contribution in [0.5, 0.6) is 5.75 Å². The summed E-state index contributed by atoms with van der Waals surface area (Å²) in [6.45, 7) is 3.22. The number of carboxylic acids is 1. The second kappa shape index (κ2) is 6.24. The van der Waals surface area contributed by atoms with E-state index < -0.39 is 5.97 Å². The van der Waals surface area contributed by atoms with Crippen molar-refractivity contribution in [2.45, 2.75) is 13.5 Å². The summed E-state index contributed by atoms with van der Waals surface area (Å²) in [5.74, 6) is -0.0408. The first-order valence-electron chi connectivity index (χ1n) is 5.96. The number of carbonyl (C=O) groups is 1. The van der Waals surface area contributed by atoms with Crippen LogP contribution in [0.1, 0.15) is 22.2 Å². The summed E-state index contributed by atoms with van der Waals surface area (Å²) in [6, 6.07) is 9.38. The second-order valence-electron chi connectivity index (χ2n) is 3.92. The van der Waals surface area contributed by atoms with Crippen molar-refractivity contribution in [3.63, 3.8) is 0 Å². The molecular weight excluding hydrogens is 262 g/mol. The van der Waals surface area contributed by atoms with Crippen molar-refractivity contribution in [1.82, 2.24) is 0 Å². The zero-order chi connectivity index (χ0) is 13.7. The summed E-state index contributed by atoms with van der Waals surface area (Å²) in [6.07, 6.45) is 0. The standard InChI is InChI=1S/C14H15NO3S/c1-2-18-12-5-3-11(4-6-12)15-8-13-7-10(9-19-13)14(16)17/h3-7,9,15H,2,8H2,1H3,(H,16,17). The minimum atomic E-state index is -0.886. The second-order valence-corrected chi connectivity index (χ2v) is 4.91. The highest BCUT2D eigenvalue weighted by Crippen LogP contribution is 2.19. The Kier molecular flexibility index (Phi) is 4.41. The van der Waals surface area contributed by atoms with Gasteiger partial charge in [-0.05, 0) is 37.3 Å². The Labute approximate surface area is 115 Å². The van der Waals surface area contributed by atoms with Crippen molar-refractivity contribution in [2.24, 2.45) is 0 Å². The molecule has 0 amide bonds. The molecule has 2 rings (SSSR count). The summed E-state index contributed by atoms with van der Waals surface area (Å²) >= 11 is 1.44. The number of thiophene rings is 1. The van der Waals surface area contributed by atoms with Crippen LogP contribution in [0.15, 0.2) is 35.7 Å². The fourth-order valence-corrected chi connectivity index (χ4v) is 2.41. The number of benzene rings is 1. The Morgan fingerprint density at radius 3 is 2.68 bits per heavy atom. The van der Waals surface area contributed by atoms with Crippen LogP contribution in [0.3, 0.4) is 0 Å².